The number of benzene rings is 1. The van der Waals surface area contributed by atoms with Crippen LogP contribution in [0.15, 0.2) is 36.5 Å². The highest BCUT2D eigenvalue weighted by Gasteiger charge is 2.13. The molecule has 1 aliphatic carbocycles. The number of nitrogens with one attached hydrogen (secondary N) is 1. The van der Waals surface area contributed by atoms with Gasteiger partial charge in [0, 0.05) is 18.1 Å². The fraction of sp³-hybridized carbons (Fsp3) is 0.438. The first-order valence-corrected chi connectivity index (χ1v) is 7.01. The zero-order chi connectivity index (χ0) is 12.2. The van der Waals surface area contributed by atoms with Crippen LogP contribution in [0.3, 0.4) is 0 Å². The first-order chi connectivity index (χ1) is 8.93. The van der Waals surface area contributed by atoms with E-state index in [9.17, 15) is 0 Å². The van der Waals surface area contributed by atoms with Gasteiger partial charge in [0.2, 0.25) is 0 Å². The van der Waals surface area contributed by atoms with Gasteiger partial charge in [-0.3, -0.25) is 0 Å². The van der Waals surface area contributed by atoms with Gasteiger partial charge in [0.25, 0.3) is 0 Å². The second-order valence-electron chi connectivity index (χ2n) is 5.27. The molecule has 0 radical (unpaired) electrons. The Labute approximate surface area is 108 Å². The fourth-order valence-corrected chi connectivity index (χ4v) is 2.89. The summed E-state index contributed by atoms with van der Waals surface area (Å²) in [5, 5.41) is 6.04. The van der Waals surface area contributed by atoms with Crippen LogP contribution in [-0.2, 0) is 0 Å². The number of fused-ring (bicyclic) bond motifs is 1. The molecule has 0 amide bonds. The summed E-state index contributed by atoms with van der Waals surface area (Å²) in [6, 6.07) is 10.5. The van der Waals surface area contributed by atoms with Gasteiger partial charge in [0.05, 0.1) is 0 Å². The van der Waals surface area contributed by atoms with Crippen LogP contribution in [0.4, 0.5) is 5.82 Å². The van der Waals surface area contributed by atoms with Crippen molar-refractivity contribution in [3.8, 4) is 0 Å². The Balaban J connectivity index is 1.74. The highest BCUT2D eigenvalue weighted by atomic mass is 15.0. The SMILES string of the molecule is c1ccc2c(NCC3CCCCC3)nccc2c1. The molecule has 1 saturated carbocycles. The van der Waals surface area contributed by atoms with Crippen molar-refractivity contribution in [2.75, 3.05) is 11.9 Å². The first-order valence-electron chi connectivity index (χ1n) is 7.01. The van der Waals surface area contributed by atoms with E-state index in [4.69, 9.17) is 0 Å². The molecular weight excluding hydrogens is 220 g/mol. The highest BCUT2D eigenvalue weighted by molar-refractivity contribution is 5.91. The number of nitrogens with zero attached hydrogens (tertiary/aromatic N) is 1. The van der Waals surface area contributed by atoms with Crippen LogP contribution in [0, 0.1) is 5.92 Å². The molecule has 1 heterocycles. The second-order valence-corrected chi connectivity index (χ2v) is 5.27. The van der Waals surface area contributed by atoms with E-state index < -0.39 is 0 Å². The molecule has 0 atom stereocenters. The van der Waals surface area contributed by atoms with Gasteiger partial charge in [-0.05, 0) is 30.2 Å². The third kappa shape index (κ3) is 2.47. The molecule has 18 heavy (non-hydrogen) atoms. The zero-order valence-electron chi connectivity index (χ0n) is 10.7. The maximum Gasteiger partial charge on any atom is 0.133 e. The van der Waals surface area contributed by atoms with E-state index >= 15 is 0 Å². The summed E-state index contributed by atoms with van der Waals surface area (Å²) in [5.74, 6) is 1.87. The Morgan fingerprint density at radius 1 is 1.06 bits per heavy atom. The third-order valence-electron chi connectivity index (χ3n) is 3.96. The van der Waals surface area contributed by atoms with E-state index in [1.807, 2.05) is 6.20 Å². The van der Waals surface area contributed by atoms with Crippen molar-refractivity contribution in [1.29, 1.82) is 0 Å². The van der Waals surface area contributed by atoms with Crippen LogP contribution < -0.4 is 5.32 Å². The predicted molar refractivity (Wildman–Crippen MR) is 76.8 cm³/mol. The monoisotopic (exact) mass is 240 g/mol. The number of hydrogen-bond acceptors (Lipinski definition) is 2. The summed E-state index contributed by atoms with van der Waals surface area (Å²) in [6.07, 6.45) is 8.86. The van der Waals surface area contributed by atoms with Crippen molar-refractivity contribution >= 4 is 16.6 Å². The molecular formula is C16H20N2. The van der Waals surface area contributed by atoms with Crippen LogP contribution in [0.25, 0.3) is 10.8 Å². The molecule has 3 rings (SSSR count). The molecule has 0 unspecified atom stereocenters. The molecule has 1 aromatic carbocycles. The van der Waals surface area contributed by atoms with Crippen molar-refractivity contribution in [1.82, 2.24) is 4.98 Å². The number of anilines is 1. The van der Waals surface area contributed by atoms with Crippen molar-refractivity contribution < 1.29 is 0 Å². The van der Waals surface area contributed by atoms with Crippen LogP contribution in [0.1, 0.15) is 32.1 Å². The summed E-state index contributed by atoms with van der Waals surface area (Å²) in [6.45, 7) is 1.07. The summed E-state index contributed by atoms with van der Waals surface area (Å²) in [7, 11) is 0. The molecule has 0 bridgehead atoms. The summed E-state index contributed by atoms with van der Waals surface area (Å²) < 4.78 is 0. The molecule has 1 N–H and O–H groups in total. The molecule has 1 aliphatic rings. The number of rotatable bonds is 3. The molecule has 94 valence electrons. The van der Waals surface area contributed by atoms with E-state index in [0.717, 1.165) is 18.3 Å². The standard InChI is InChI=1S/C16H20N2/c1-2-6-13(7-3-1)12-18-16-15-9-5-4-8-14(15)10-11-17-16/h4-5,8-11,13H,1-3,6-7,12H2,(H,17,18). The van der Waals surface area contributed by atoms with Crippen molar-refractivity contribution in [3.05, 3.63) is 36.5 Å². The van der Waals surface area contributed by atoms with Crippen LogP contribution in [0.2, 0.25) is 0 Å². The molecule has 2 nitrogen and oxygen atoms in total. The minimum atomic E-state index is 0.833. The molecule has 0 spiro atoms. The van der Waals surface area contributed by atoms with Crippen molar-refractivity contribution in [3.63, 3.8) is 0 Å². The minimum absolute atomic E-state index is 0.833. The average Bonchev–Trinajstić information content (AvgIpc) is 2.46. The van der Waals surface area contributed by atoms with Crippen molar-refractivity contribution in [2.24, 2.45) is 5.92 Å². The Morgan fingerprint density at radius 2 is 1.89 bits per heavy atom. The van der Waals surface area contributed by atoms with E-state index in [1.54, 1.807) is 0 Å². The lowest BCUT2D eigenvalue weighted by Crippen LogP contribution is -2.17. The topological polar surface area (TPSA) is 24.9 Å². The summed E-state index contributed by atoms with van der Waals surface area (Å²) in [4.78, 5) is 4.48. The molecule has 0 aliphatic heterocycles. The van der Waals surface area contributed by atoms with E-state index in [0.29, 0.717) is 0 Å². The van der Waals surface area contributed by atoms with E-state index in [2.05, 4.69) is 40.6 Å². The molecule has 2 aromatic rings. The average molecular weight is 240 g/mol. The Bertz CT molecular complexity index is 510. The van der Waals surface area contributed by atoms with Crippen LogP contribution in [-0.4, -0.2) is 11.5 Å². The normalized spacial score (nSPS) is 16.9. The Morgan fingerprint density at radius 3 is 2.78 bits per heavy atom. The van der Waals surface area contributed by atoms with Gasteiger partial charge >= 0.3 is 0 Å². The molecule has 0 saturated heterocycles. The lowest BCUT2D eigenvalue weighted by Gasteiger charge is -2.22. The molecule has 1 fully saturated rings. The van der Waals surface area contributed by atoms with Gasteiger partial charge in [-0.15, -0.1) is 0 Å². The fourth-order valence-electron chi connectivity index (χ4n) is 2.89. The summed E-state index contributed by atoms with van der Waals surface area (Å²) >= 11 is 0. The van der Waals surface area contributed by atoms with Crippen LogP contribution >= 0.6 is 0 Å². The molecule has 2 heteroatoms. The van der Waals surface area contributed by atoms with Crippen molar-refractivity contribution in [2.45, 2.75) is 32.1 Å². The zero-order valence-corrected chi connectivity index (χ0v) is 10.7. The Kier molecular flexibility index (Phi) is 3.44. The largest absolute Gasteiger partial charge is 0.369 e. The first kappa shape index (κ1) is 11.5. The van der Waals surface area contributed by atoms with Gasteiger partial charge in [0.15, 0.2) is 0 Å². The van der Waals surface area contributed by atoms with Gasteiger partial charge in [-0.2, -0.15) is 0 Å². The van der Waals surface area contributed by atoms with Gasteiger partial charge in [0.1, 0.15) is 5.82 Å². The number of hydrogen-bond donors (Lipinski definition) is 1. The quantitative estimate of drug-likeness (QED) is 0.868. The third-order valence-corrected chi connectivity index (χ3v) is 3.96. The van der Waals surface area contributed by atoms with Gasteiger partial charge < -0.3 is 5.32 Å². The lowest BCUT2D eigenvalue weighted by atomic mass is 9.89. The maximum atomic E-state index is 4.48. The van der Waals surface area contributed by atoms with Gasteiger partial charge in [-0.25, -0.2) is 4.98 Å². The maximum absolute atomic E-state index is 4.48. The second kappa shape index (κ2) is 5.38. The van der Waals surface area contributed by atoms with E-state index in [-0.39, 0.29) is 0 Å². The number of pyridine rings is 1. The molecule has 1 aromatic heterocycles. The Hall–Kier alpha value is -1.57. The number of aromatic nitrogens is 1. The van der Waals surface area contributed by atoms with Gasteiger partial charge in [-0.1, -0.05) is 43.5 Å². The predicted octanol–water partition coefficient (Wildman–Crippen LogP) is 4.23. The van der Waals surface area contributed by atoms with Crippen LogP contribution in [0.5, 0.6) is 0 Å². The smallest absolute Gasteiger partial charge is 0.133 e. The highest BCUT2D eigenvalue weighted by Crippen LogP contribution is 2.25. The summed E-state index contributed by atoms with van der Waals surface area (Å²) in [5.41, 5.74) is 0. The minimum Gasteiger partial charge on any atom is -0.369 e. The van der Waals surface area contributed by atoms with E-state index in [1.165, 1.54) is 42.9 Å². The lowest BCUT2D eigenvalue weighted by molar-refractivity contribution is 0.373.